The fourth-order valence-electron chi connectivity index (χ4n) is 2.45. The minimum atomic E-state index is 0.0786. The van der Waals surface area contributed by atoms with Crippen molar-refractivity contribution in [2.24, 2.45) is 0 Å². The second-order valence-electron chi connectivity index (χ2n) is 4.65. The van der Waals surface area contributed by atoms with Crippen molar-refractivity contribution in [3.8, 4) is 0 Å². The van der Waals surface area contributed by atoms with Crippen LogP contribution in [-0.4, -0.2) is 6.29 Å². The molecule has 2 heteroatoms. The highest BCUT2D eigenvalue weighted by atomic mass is 16.3. The Kier molecular flexibility index (Phi) is 3.46. The van der Waals surface area contributed by atoms with E-state index in [1.807, 2.05) is 36.4 Å². The maximum atomic E-state index is 10.8. The van der Waals surface area contributed by atoms with Gasteiger partial charge in [0.25, 0.3) is 0 Å². The van der Waals surface area contributed by atoms with Gasteiger partial charge in [0, 0.05) is 11.5 Å². The van der Waals surface area contributed by atoms with Crippen molar-refractivity contribution in [2.45, 2.75) is 5.92 Å². The van der Waals surface area contributed by atoms with E-state index in [0.29, 0.717) is 5.76 Å². The van der Waals surface area contributed by atoms with Gasteiger partial charge in [-0.3, -0.25) is 4.79 Å². The molecule has 0 aliphatic rings. The van der Waals surface area contributed by atoms with E-state index in [0.717, 1.165) is 11.8 Å². The number of hydrogen-bond donors (Lipinski definition) is 0. The molecule has 0 fully saturated rings. The molecule has 0 bridgehead atoms. The van der Waals surface area contributed by atoms with Gasteiger partial charge in [0.1, 0.15) is 0 Å². The Balaban J connectivity index is 2.11. The predicted molar refractivity (Wildman–Crippen MR) is 77.9 cm³/mol. The number of benzene rings is 2. The molecule has 0 aliphatic heterocycles. The van der Waals surface area contributed by atoms with Crippen molar-refractivity contribution < 1.29 is 9.21 Å². The molecule has 0 radical (unpaired) electrons. The average Bonchev–Trinajstić information content (AvgIpc) is 2.98. The molecule has 2 aromatic carbocycles. The van der Waals surface area contributed by atoms with Crippen LogP contribution in [0.1, 0.15) is 33.2 Å². The minimum absolute atomic E-state index is 0.0786. The van der Waals surface area contributed by atoms with Crippen molar-refractivity contribution in [3.05, 3.63) is 95.4 Å². The molecule has 3 aromatic rings. The normalized spacial score (nSPS) is 10.7. The maximum absolute atomic E-state index is 10.8. The number of carbonyl (C=O) groups is 1. The van der Waals surface area contributed by atoms with Crippen LogP contribution in [0.5, 0.6) is 0 Å². The molecule has 0 saturated carbocycles. The van der Waals surface area contributed by atoms with Gasteiger partial charge in [0.05, 0.1) is 6.26 Å². The lowest BCUT2D eigenvalue weighted by Crippen LogP contribution is -2.01. The van der Waals surface area contributed by atoms with Crippen LogP contribution < -0.4 is 0 Å². The summed E-state index contributed by atoms with van der Waals surface area (Å²) in [6.45, 7) is 0. The zero-order valence-electron chi connectivity index (χ0n) is 10.9. The van der Waals surface area contributed by atoms with Crippen molar-refractivity contribution in [3.63, 3.8) is 0 Å². The Labute approximate surface area is 117 Å². The number of rotatable bonds is 4. The Bertz CT molecular complexity index is 644. The third-order valence-corrected chi connectivity index (χ3v) is 3.36. The van der Waals surface area contributed by atoms with Crippen molar-refractivity contribution in [1.29, 1.82) is 0 Å². The van der Waals surface area contributed by atoms with Gasteiger partial charge in [-0.2, -0.15) is 0 Å². The van der Waals surface area contributed by atoms with Gasteiger partial charge in [-0.15, -0.1) is 0 Å². The van der Waals surface area contributed by atoms with Crippen molar-refractivity contribution in [1.82, 2.24) is 0 Å². The zero-order chi connectivity index (χ0) is 13.8. The molecular weight excluding hydrogens is 248 g/mol. The molecule has 2 nitrogen and oxygen atoms in total. The molecular formula is C18H14O2. The molecule has 0 atom stereocenters. The Morgan fingerprint density at radius 1 is 0.800 bits per heavy atom. The molecule has 1 aromatic heterocycles. The molecule has 3 rings (SSSR count). The smallest absolute Gasteiger partial charge is 0.185 e. The van der Waals surface area contributed by atoms with Gasteiger partial charge in [-0.1, -0.05) is 60.7 Å². The summed E-state index contributed by atoms with van der Waals surface area (Å²) in [5.74, 6) is 0.437. The number of hydrogen-bond acceptors (Lipinski definition) is 2. The maximum Gasteiger partial charge on any atom is 0.185 e. The first-order valence-corrected chi connectivity index (χ1v) is 6.52. The number of furan rings is 1. The van der Waals surface area contributed by atoms with Crippen molar-refractivity contribution >= 4 is 6.29 Å². The fraction of sp³-hybridized carbons (Fsp3) is 0.0556. The van der Waals surface area contributed by atoms with Gasteiger partial charge in [-0.05, 0) is 17.2 Å². The van der Waals surface area contributed by atoms with Gasteiger partial charge in [-0.25, -0.2) is 0 Å². The second-order valence-corrected chi connectivity index (χ2v) is 4.65. The first-order chi connectivity index (χ1) is 9.88. The van der Waals surface area contributed by atoms with Crippen LogP contribution in [0.3, 0.4) is 0 Å². The van der Waals surface area contributed by atoms with E-state index in [4.69, 9.17) is 4.42 Å². The lowest BCUT2D eigenvalue weighted by Gasteiger charge is -2.16. The summed E-state index contributed by atoms with van der Waals surface area (Å²) in [6.07, 6.45) is 2.39. The molecule has 0 spiro atoms. The van der Waals surface area contributed by atoms with Gasteiger partial charge in [0.15, 0.2) is 12.0 Å². The quantitative estimate of drug-likeness (QED) is 0.657. The van der Waals surface area contributed by atoms with E-state index in [1.165, 1.54) is 11.1 Å². The number of aldehydes is 1. The third-order valence-electron chi connectivity index (χ3n) is 3.36. The molecule has 20 heavy (non-hydrogen) atoms. The zero-order valence-corrected chi connectivity index (χ0v) is 10.9. The average molecular weight is 262 g/mol. The van der Waals surface area contributed by atoms with Crippen LogP contribution in [0.15, 0.2) is 77.4 Å². The van der Waals surface area contributed by atoms with Gasteiger partial charge < -0.3 is 4.42 Å². The van der Waals surface area contributed by atoms with Gasteiger partial charge in [0.2, 0.25) is 0 Å². The van der Waals surface area contributed by atoms with Crippen molar-refractivity contribution in [2.75, 3.05) is 0 Å². The molecule has 0 amide bonds. The third kappa shape index (κ3) is 2.41. The summed E-state index contributed by atoms with van der Waals surface area (Å²) in [7, 11) is 0. The molecule has 0 saturated heterocycles. The Morgan fingerprint density at radius 3 is 1.80 bits per heavy atom. The van der Waals surface area contributed by atoms with Crippen LogP contribution in [0.4, 0.5) is 0 Å². The summed E-state index contributed by atoms with van der Waals surface area (Å²) in [4.78, 5) is 10.8. The van der Waals surface area contributed by atoms with Crippen LogP contribution in [0.2, 0.25) is 0 Å². The number of carbonyl (C=O) groups excluding carboxylic acids is 1. The second kappa shape index (κ2) is 5.57. The molecule has 0 aliphatic carbocycles. The molecule has 1 heterocycles. The summed E-state index contributed by atoms with van der Waals surface area (Å²) in [6, 6.07) is 22.2. The minimum Gasteiger partial charge on any atom is -0.461 e. The topological polar surface area (TPSA) is 30.2 Å². The molecule has 98 valence electrons. The predicted octanol–water partition coefficient (Wildman–Crippen LogP) is 4.27. The van der Waals surface area contributed by atoms with E-state index in [9.17, 15) is 4.79 Å². The highest BCUT2D eigenvalue weighted by Gasteiger charge is 2.18. The summed E-state index contributed by atoms with van der Waals surface area (Å²) in [5, 5.41) is 0. The Hall–Kier alpha value is -2.61. The van der Waals surface area contributed by atoms with Crippen LogP contribution >= 0.6 is 0 Å². The highest BCUT2D eigenvalue weighted by Crippen LogP contribution is 2.32. The van der Waals surface area contributed by atoms with E-state index in [1.54, 1.807) is 12.3 Å². The van der Waals surface area contributed by atoms with Crippen LogP contribution in [0, 0.1) is 0 Å². The first kappa shape index (κ1) is 12.4. The summed E-state index contributed by atoms with van der Waals surface area (Å²) >= 11 is 0. The molecule has 0 unspecified atom stereocenters. The van der Waals surface area contributed by atoms with E-state index in [-0.39, 0.29) is 5.92 Å². The van der Waals surface area contributed by atoms with Crippen LogP contribution in [0.25, 0.3) is 0 Å². The molecule has 0 N–H and O–H groups in total. The fourth-order valence-corrected chi connectivity index (χ4v) is 2.45. The van der Waals surface area contributed by atoms with E-state index >= 15 is 0 Å². The Morgan fingerprint density at radius 2 is 1.35 bits per heavy atom. The van der Waals surface area contributed by atoms with E-state index in [2.05, 4.69) is 24.3 Å². The van der Waals surface area contributed by atoms with Gasteiger partial charge >= 0.3 is 0 Å². The standard InChI is InChI=1S/C18H14O2/c19-12-17-11-16(13-20-17)18(14-7-3-1-4-8-14)15-9-5-2-6-10-15/h1-13,18H. The first-order valence-electron chi connectivity index (χ1n) is 6.52. The van der Waals surface area contributed by atoms with Crippen LogP contribution in [-0.2, 0) is 0 Å². The lowest BCUT2D eigenvalue weighted by molar-refractivity contribution is 0.110. The summed E-state index contributed by atoms with van der Waals surface area (Å²) in [5.41, 5.74) is 3.35. The lowest BCUT2D eigenvalue weighted by atomic mass is 9.86. The largest absolute Gasteiger partial charge is 0.461 e. The van der Waals surface area contributed by atoms with E-state index < -0.39 is 0 Å². The highest BCUT2D eigenvalue weighted by molar-refractivity contribution is 5.71. The monoisotopic (exact) mass is 262 g/mol. The SMILES string of the molecule is O=Cc1cc(C(c2ccccc2)c2ccccc2)co1. The summed E-state index contributed by atoms with van der Waals surface area (Å²) < 4.78 is 5.27.